The van der Waals surface area contributed by atoms with E-state index in [2.05, 4.69) is 6.07 Å². The molecule has 0 N–H and O–H groups in total. The smallest absolute Gasteiger partial charge is 0.243 e. The van der Waals surface area contributed by atoms with Gasteiger partial charge < -0.3 is 9.80 Å². The molecule has 9 heteroatoms. The van der Waals surface area contributed by atoms with E-state index < -0.39 is 10.0 Å². The first-order chi connectivity index (χ1) is 15.4. The second kappa shape index (κ2) is 9.33. The number of hydrogen-bond acceptors (Lipinski definition) is 5. The summed E-state index contributed by atoms with van der Waals surface area (Å²) in [7, 11) is -3.55. The minimum absolute atomic E-state index is 0.0393. The maximum Gasteiger partial charge on any atom is 0.243 e. The Kier molecular flexibility index (Phi) is 6.69. The van der Waals surface area contributed by atoms with E-state index in [1.165, 1.54) is 9.18 Å². The number of likely N-dealkylation sites (tertiary alicyclic amines) is 1. The molecule has 4 rings (SSSR count). The fourth-order valence-corrected chi connectivity index (χ4v) is 7.01. The van der Waals surface area contributed by atoms with Crippen LogP contribution in [0.2, 0.25) is 0 Å². The Bertz CT molecular complexity index is 1060. The van der Waals surface area contributed by atoms with Gasteiger partial charge in [0.2, 0.25) is 21.8 Å². The highest BCUT2D eigenvalue weighted by Crippen LogP contribution is 2.37. The molecule has 2 aliphatic heterocycles. The van der Waals surface area contributed by atoms with Crippen LogP contribution in [0.5, 0.6) is 0 Å². The predicted molar refractivity (Wildman–Crippen MR) is 125 cm³/mol. The summed E-state index contributed by atoms with van der Waals surface area (Å²) in [5.74, 6) is -0.436. The maximum atomic E-state index is 13.3. The van der Waals surface area contributed by atoms with Crippen molar-refractivity contribution in [2.24, 2.45) is 5.92 Å². The zero-order valence-electron chi connectivity index (χ0n) is 18.4. The number of carbonyl (C=O) groups is 2. The summed E-state index contributed by atoms with van der Waals surface area (Å²) in [4.78, 5) is 30.9. The third-order valence-electron chi connectivity index (χ3n) is 6.37. The molecule has 2 aliphatic rings. The average Bonchev–Trinajstić information content (AvgIpc) is 3.54. The van der Waals surface area contributed by atoms with Gasteiger partial charge in [-0.2, -0.15) is 4.31 Å². The van der Waals surface area contributed by atoms with E-state index >= 15 is 0 Å². The zero-order chi connectivity index (χ0) is 22.9. The van der Waals surface area contributed by atoms with E-state index in [1.54, 1.807) is 54.3 Å². The normalized spacial score (nSPS) is 21.7. The van der Waals surface area contributed by atoms with Gasteiger partial charge in [0.25, 0.3) is 0 Å². The summed E-state index contributed by atoms with van der Waals surface area (Å²) in [6.07, 6.45) is 2.12. The lowest BCUT2D eigenvalue weighted by Gasteiger charge is -2.26. The monoisotopic (exact) mass is 475 g/mol. The van der Waals surface area contributed by atoms with Crippen molar-refractivity contribution in [1.82, 2.24) is 9.21 Å². The fraction of sp³-hybridized carbons (Fsp3) is 0.478. The van der Waals surface area contributed by atoms with E-state index in [0.717, 1.165) is 19.4 Å². The molecule has 2 amide bonds. The van der Waals surface area contributed by atoms with Crippen molar-refractivity contribution >= 4 is 38.9 Å². The third kappa shape index (κ3) is 4.21. The zero-order valence-corrected chi connectivity index (χ0v) is 20.1. The quantitative estimate of drug-likeness (QED) is 0.614. The SMILES string of the molecule is CCN(CC)S(=O)(=O)c1ccc(N2C[C@@H](C(=O)N3CCC[C@H]3c3cccs3)CC2=O)cc1. The molecule has 7 nitrogen and oxygen atoms in total. The van der Waals surface area contributed by atoms with Crippen LogP contribution in [-0.4, -0.2) is 55.6 Å². The van der Waals surface area contributed by atoms with Crippen LogP contribution in [0, 0.1) is 5.92 Å². The molecule has 32 heavy (non-hydrogen) atoms. The lowest BCUT2D eigenvalue weighted by Crippen LogP contribution is -2.36. The van der Waals surface area contributed by atoms with Gasteiger partial charge in [0.05, 0.1) is 16.9 Å². The topological polar surface area (TPSA) is 78.0 Å². The summed E-state index contributed by atoms with van der Waals surface area (Å²) < 4.78 is 26.8. The van der Waals surface area contributed by atoms with Crippen molar-refractivity contribution in [1.29, 1.82) is 0 Å². The van der Waals surface area contributed by atoms with E-state index in [-0.39, 0.29) is 35.1 Å². The average molecular weight is 476 g/mol. The number of carbonyl (C=O) groups excluding carboxylic acids is 2. The molecule has 0 saturated carbocycles. The van der Waals surface area contributed by atoms with Gasteiger partial charge in [-0.1, -0.05) is 19.9 Å². The largest absolute Gasteiger partial charge is 0.335 e. The van der Waals surface area contributed by atoms with Crippen LogP contribution in [0.3, 0.4) is 0 Å². The van der Waals surface area contributed by atoms with Crippen LogP contribution in [-0.2, 0) is 19.6 Å². The second-order valence-corrected chi connectivity index (χ2v) is 11.1. The molecule has 0 bridgehead atoms. The number of sulfonamides is 1. The third-order valence-corrected chi connectivity index (χ3v) is 9.41. The first-order valence-corrected chi connectivity index (χ1v) is 13.4. The van der Waals surface area contributed by atoms with Gasteiger partial charge in [0.1, 0.15) is 0 Å². The molecule has 1 aromatic carbocycles. The lowest BCUT2D eigenvalue weighted by atomic mass is 10.1. The van der Waals surface area contributed by atoms with Crippen LogP contribution in [0.25, 0.3) is 0 Å². The Morgan fingerprint density at radius 3 is 2.50 bits per heavy atom. The number of benzene rings is 1. The second-order valence-electron chi connectivity index (χ2n) is 8.19. The molecule has 0 radical (unpaired) electrons. The van der Waals surface area contributed by atoms with Gasteiger partial charge in [-0.15, -0.1) is 11.3 Å². The van der Waals surface area contributed by atoms with Crippen molar-refractivity contribution in [3.05, 3.63) is 46.7 Å². The molecule has 2 atom stereocenters. The molecular formula is C23H29N3O4S2. The van der Waals surface area contributed by atoms with Crippen molar-refractivity contribution in [3.63, 3.8) is 0 Å². The Balaban J connectivity index is 1.47. The molecule has 0 spiro atoms. The van der Waals surface area contributed by atoms with Crippen molar-refractivity contribution in [2.75, 3.05) is 31.1 Å². The number of rotatable bonds is 7. The van der Waals surface area contributed by atoms with Crippen LogP contribution < -0.4 is 4.90 Å². The van der Waals surface area contributed by atoms with Gasteiger partial charge in [0, 0.05) is 43.2 Å². The van der Waals surface area contributed by atoms with Crippen LogP contribution in [0.1, 0.15) is 44.0 Å². The molecular weight excluding hydrogens is 446 g/mol. The van der Waals surface area contributed by atoms with E-state index in [0.29, 0.717) is 25.3 Å². The molecule has 3 heterocycles. The molecule has 2 fully saturated rings. The van der Waals surface area contributed by atoms with E-state index in [1.807, 2.05) is 16.3 Å². The summed E-state index contributed by atoms with van der Waals surface area (Å²) in [5, 5.41) is 2.03. The van der Waals surface area contributed by atoms with Crippen molar-refractivity contribution < 1.29 is 18.0 Å². The first kappa shape index (κ1) is 22.9. The minimum Gasteiger partial charge on any atom is -0.335 e. The van der Waals surface area contributed by atoms with Gasteiger partial charge in [-0.25, -0.2) is 8.42 Å². The number of thiophene rings is 1. The van der Waals surface area contributed by atoms with Crippen molar-refractivity contribution in [3.8, 4) is 0 Å². The van der Waals surface area contributed by atoms with Crippen LogP contribution in [0.15, 0.2) is 46.7 Å². The van der Waals surface area contributed by atoms with E-state index in [9.17, 15) is 18.0 Å². The highest BCUT2D eigenvalue weighted by Gasteiger charge is 2.40. The standard InChI is InChI=1S/C23H29N3O4S2/c1-3-24(4-2)32(29,30)19-11-9-18(10-12-19)26-16-17(15-22(26)27)23(28)25-13-5-7-20(25)21-8-6-14-31-21/h6,8-12,14,17,20H,3-5,7,13,15-16H2,1-2H3/t17-,20-/m0/s1. The number of anilines is 1. The molecule has 1 aromatic heterocycles. The Morgan fingerprint density at radius 2 is 1.88 bits per heavy atom. The van der Waals surface area contributed by atoms with Gasteiger partial charge in [-0.05, 0) is 48.6 Å². The van der Waals surface area contributed by atoms with Crippen LogP contribution in [0.4, 0.5) is 5.69 Å². The highest BCUT2D eigenvalue weighted by atomic mass is 32.2. The number of nitrogens with zero attached hydrogens (tertiary/aromatic N) is 3. The summed E-state index contributed by atoms with van der Waals surface area (Å²) >= 11 is 1.67. The number of hydrogen-bond donors (Lipinski definition) is 0. The fourth-order valence-electron chi connectivity index (χ4n) is 4.67. The molecule has 0 aliphatic carbocycles. The maximum absolute atomic E-state index is 13.3. The van der Waals surface area contributed by atoms with Crippen LogP contribution >= 0.6 is 11.3 Å². The van der Waals surface area contributed by atoms with Gasteiger partial charge in [-0.3, -0.25) is 9.59 Å². The lowest BCUT2D eigenvalue weighted by molar-refractivity contribution is -0.136. The molecule has 0 unspecified atom stereocenters. The minimum atomic E-state index is -3.55. The predicted octanol–water partition coefficient (Wildman–Crippen LogP) is 3.50. The Labute approximate surface area is 193 Å². The summed E-state index contributed by atoms with van der Waals surface area (Å²) in [6, 6.07) is 10.6. The highest BCUT2D eigenvalue weighted by molar-refractivity contribution is 7.89. The van der Waals surface area contributed by atoms with Gasteiger partial charge in [0.15, 0.2) is 0 Å². The Hall–Kier alpha value is -2.23. The first-order valence-electron chi connectivity index (χ1n) is 11.1. The van der Waals surface area contributed by atoms with E-state index in [4.69, 9.17) is 0 Å². The summed E-state index contributed by atoms with van der Waals surface area (Å²) in [6.45, 7) is 5.46. The van der Waals surface area contributed by atoms with Crippen molar-refractivity contribution in [2.45, 2.75) is 44.0 Å². The molecule has 172 valence electrons. The molecule has 2 aromatic rings. The Morgan fingerprint density at radius 1 is 1.16 bits per heavy atom. The summed E-state index contributed by atoms with van der Waals surface area (Å²) in [5.41, 5.74) is 0.625. The number of amides is 2. The molecule has 2 saturated heterocycles. The van der Waals surface area contributed by atoms with Gasteiger partial charge >= 0.3 is 0 Å².